The highest BCUT2D eigenvalue weighted by molar-refractivity contribution is 5.68. The van der Waals surface area contributed by atoms with Crippen molar-refractivity contribution in [3.8, 4) is 0 Å². The van der Waals surface area contributed by atoms with Gasteiger partial charge in [0.1, 0.15) is 11.4 Å². The lowest BCUT2D eigenvalue weighted by Crippen LogP contribution is -2.44. The van der Waals surface area contributed by atoms with Crippen LogP contribution in [0.5, 0.6) is 0 Å². The first-order valence-electron chi connectivity index (χ1n) is 7.97. The molecule has 1 fully saturated rings. The molecule has 1 amide bonds. The van der Waals surface area contributed by atoms with Crippen LogP contribution in [0.4, 0.5) is 10.6 Å². The normalized spacial score (nSPS) is 18.4. The molecule has 1 aromatic rings. The predicted molar refractivity (Wildman–Crippen MR) is 88.2 cm³/mol. The van der Waals surface area contributed by atoms with Gasteiger partial charge in [0.25, 0.3) is 0 Å². The Balaban J connectivity index is 2.01. The number of aromatic nitrogens is 1. The molecule has 0 spiro atoms. The number of nitrogens with zero attached hydrogens (tertiary/aromatic N) is 3. The number of anilines is 1. The molecule has 1 aromatic heterocycles. The van der Waals surface area contributed by atoms with Crippen molar-refractivity contribution in [3.63, 3.8) is 0 Å². The van der Waals surface area contributed by atoms with E-state index in [9.17, 15) is 4.79 Å². The van der Waals surface area contributed by atoms with Gasteiger partial charge in [-0.2, -0.15) is 0 Å². The van der Waals surface area contributed by atoms with Crippen molar-refractivity contribution in [2.45, 2.75) is 52.7 Å². The number of likely N-dealkylation sites (N-methyl/N-ethyl adjacent to an activating group) is 1. The first-order valence-corrected chi connectivity index (χ1v) is 7.97. The first-order chi connectivity index (χ1) is 10.3. The van der Waals surface area contributed by atoms with Gasteiger partial charge in [0.2, 0.25) is 0 Å². The van der Waals surface area contributed by atoms with E-state index in [0.29, 0.717) is 6.54 Å². The van der Waals surface area contributed by atoms with Gasteiger partial charge >= 0.3 is 6.09 Å². The first kappa shape index (κ1) is 16.6. The van der Waals surface area contributed by atoms with Crippen LogP contribution in [-0.4, -0.2) is 47.3 Å². The maximum Gasteiger partial charge on any atom is 0.410 e. The van der Waals surface area contributed by atoms with E-state index < -0.39 is 5.60 Å². The zero-order valence-corrected chi connectivity index (χ0v) is 14.3. The Kier molecular flexibility index (Phi) is 4.94. The number of aryl methyl sites for hydroxylation is 1. The van der Waals surface area contributed by atoms with Gasteiger partial charge in [0, 0.05) is 25.8 Å². The molecule has 0 unspecified atom stereocenters. The topological polar surface area (TPSA) is 45.7 Å². The maximum absolute atomic E-state index is 12.3. The summed E-state index contributed by atoms with van der Waals surface area (Å²) in [4.78, 5) is 20.9. The number of amides is 1. The van der Waals surface area contributed by atoms with Gasteiger partial charge < -0.3 is 14.5 Å². The van der Waals surface area contributed by atoms with Gasteiger partial charge in [0.15, 0.2) is 0 Å². The summed E-state index contributed by atoms with van der Waals surface area (Å²) in [5.74, 6) is 0.980. The molecule has 0 saturated carbocycles. The Labute approximate surface area is 133 Å². The van der Waals surface area contributed by atoms with Crippen LogP contribution < -0.4 is 4.90 Å². The lowest BCUT2D eigenvalue weighted by molar-refractivity contribution is 0.0191. The van der Waals surface area contributed by atoms with Crippen molar-refractivity contribution in [1.82, 2.24) is 9.88 Å². The summed E-state index contributed by atoms with van der Waals surface area (Å²) in [6.45, 7) is 12.1. The lowest BCUT2D eigenvalue weighted by Gasteiger charge is -2.30. The smallest absolute Gasteiger partial charge is 0.410 e. The van der Waals surface area contributed by atoms with Crippen LogP contribution in [0, 0.1) is 6.92 Å². The second-order valence-corrected chi connectivity index (χ2v) is 6.85. The van der Waals surface area contributed by atoms with Crippen LogP contribution in [0.3, 0.4) is 0 Å². The Hall–Kier alpha value is -1.78. The summed E-state index contributed by atoms with van der Waals surface area (Å²) >= 11 is 0. The quantitative estimate of drug-likeness (QED) is 0.860. The van der Waals surface area contributed by atoms with Crippen molar-refractivity contribution >= 4 is 11.9 Å². The molecule has 0 bridgehead atoms. The van der Waals surface area contributed by atoms with Crippen molar-refractivity contribution in [3.05, 3.63) is 23.9 Å². The molecule has 22 heavy (non-hydrogen) atoms. The minimum absolute atomic E-state index is 0.183. The van der Waals surface area contributed by atoms with Gasteiger partial charge in [-0.1, -0.05) is 6.07 Å². The Morgan fingerprint density at radius 1 is 1.45 bits per heavy atom. The molecule has 2 heterocycles. The number of ether oxygens (including phenoxy) is 1. The van der Waals surface area contributed by atoms with E-state index in [4.69, 9.17) is 4.74 Å². The molecule has 5 nitrogen and oxygen atoms in total. The number of pyridine rings is 1. The third-order valence-electron chi connectivity index (χ3n) is 3.79. The highest BCUT2D eigenvalue weighted by atomic mass is 16.6. The highest BCUT2D eigenvalue weighted by Crippen LogP contribution is 2.23. The molecular formula is C17H27N3O2. The molecule has 0 N–H and O–H groups in total. The molecule has 1 atom stereocenters. The van der Waals surface area contributed by atoms with E-state index >= 15 is 0 Å². The molecule has 122 valence electrons. The molecule has 5 heteroatoms. The van der Waals surface area contributed by atoms with Crippen LogP contribution in [-0.2, 0) is 4.74 Å². The predicted octanol–water partition coefficient (Wildman–Crippen LogP) is 3.23. The molecular weight excluding hydrogens is 278 g/mol. The van der Waals surface area contributed by atoms with Gasteiger partial charge in [-0.3, -0.25) is 0 Å². The number of carbonyl (C=O) groups excluding carboxylic acids is 1. The number of rotatable bonds is 3. The maximum atomic E-state index is 12.3. The summed E-state index contributed by atoms with van der Waals surface area (Å²) in [5.41, 5.74) is 0.699. The largest absolute Gasteiger partial charge is 0.444 e. The standard InChI is InChI=1S/C17H27N3O2/c1-6-20(16(21)22-17(3,4)5)14-9-10-19(12-14)15-8-7-13(2)11-18-15/h7-8,11,14H,6,9-10,12H2,1-5H3/t14-/m1/s1. The van der Waals surface area contributed by atoms with E-state index in [1.807, 2.05) is 51.8 Å². The van der Waals surface area contributed by atoms with Crippen molar-refractivity contribution < 1.29 is 9.53 Å². The second kappa shape index (κ2) is 6.55. The van der Waals surface area contributed by atoms with Crippen LogP contribution in [0.2, 0.25) is 0 Å². The van der Waals surface area contributed by atoms with Crippen molar-refractivity contribution in [1.29, 1.82) is 0 Å². The SMILES string of the molecule is CCN(C(=O)OC(C)(C)C)[C@@H]1CCN(c2ccc(C)cn2)C1. The average molecular weight is 305 g/mol. The van der Waals surface area contributed by atoms with Crippen molar-refractivity contribution in [2.75, 3.05) is 24.5 Å². The van der Waals surface area contributed by atoms with Crippen LogP contribution in [0.25, 0.3) is 0 Å². The molecule has 1 aliphatic rings. The third-order valence-corrected chi connectivity index (χ3v) is 3.79. The summed E-state index contributed by atoms with van der Waals surface area (Å²) < 4.78 is 5.51. The van der Waals surface area contributed by atoms with Gasteiger partial charge in [-0.25, -0.2) is 9.78 Å². The molecule has 1 aliphatic heterocycles. The molecule has 0 aromatic carbocycles. The monoisotopic (exact) mass is 305 g/mol. The summed E-state index contributed by atoms with van der Waals surface area (Å²) in [6.07, 6.45) is 2.61. The summed E-state index contributed by atoms with van der Waals surface area (Å²) in [5, 5.41) is 0. The van der Waals surface area contributed by atoms with E-state index in [0.717, 1.165) is 30.9 Å². The molecule has 0 radical (unpaired) electrons. The lowest BCUT2D eigenvalue weighted by atomic mass is 10.2. The molecule has 1 saturated heterocycles. The Morgan fingerprint density at radius 2 is 2.18 bits per heavy atom. The zero-order chi connectivity index (χ0) is 16.3. The fraction of sp³-hybridized carbons (Fsp3) is 0.647. The van der Waals surface area contributed by atoms with E-state index in [1.165, 1.54) is 0 Å². The Morgan fingerprint density at radius 3 is 2.73 bits per heavy atom. The Bertz CT molecular complexity index is 508. The van der Waals surface area contributed by atoms with Crippen molar-refractivity contribution in [2.24, 2.45) is 0 Å². The second-order valence-electron chi connectivity index (χ2n) is 6.85. The van der Waals surface area contributed by atoms with E-state index in [2.05, 4.69) is 16.0 Å². The van der Waals surface area contributed by atoms with Gasteiger partial charge in [-0.15, -0.1) is 0 Å². The molecule has 0 aliphatic carbocycles. The van der Waals surface area contributed by atoms with E-state index in [1.54, 1.807) is 0 Å². The summed E-state index contributed by atoms with van der Waals surface area (Å²) in [6, 6.07) is 4.30. The third kappa shape index (κ3) is 4.12. The zero-order valence-electron chi connectivity index (χ0n) is 14.3. The van der Waals surface area contributed by atoms with Gasteiger partial charge in [-0.05, 0) is 52.7 Å². The minimum atomic E-state index is -0.457. The highest BCUT2D eigenvalue weighted by Gasteiger charge is 2.32. The van der Waals surface area contributed by atoms with Crippen LogP contribution in [0.15, 0.2) is 18.3 Å². The fourth-order valence-corrected chi connectivity index (χ4v) is 2.71. The van der Waals surface area contributed by atoms with E-state index in [-0.39, 0.29) is 12.1 Å². The molecule has 2 rings (SSSR count). The fourth-order valence-electron chi connectivity index (χ4n) is 2.71. The minimum Gasteiger partial charge on any atom is -0.444 e. The van der Waals surface area contributed by atoms with Crippen LogP contribution in [0.1, 0.15) is 39.7 Å². The van der Waals surface area contributed by atoms with Gasteiger partial charge in [0.05, 0.1) is 6.04 Å². The number of carbonyl (C=O) groups is 1. The van der Waals surface area contributed by atoms with Crippen LogP contribution >= 0.6 is 0 Å². The number of hydrogen-bond acceptors (Lipinski definition) is 4. The summed E-state index contributed by atoms with van der Waals surface area (Å²) in [7, 11) is 0. The number of hydrogen-bond donors (Lipinski definition) is 0. The average Bonchev–Trinajstić information content (AvgIpc) is 2.88.